The Hall–Kier alpha value is -2.29. The summed E-state index contributed by atoms with van der Waals surface area (Å²) in [7, 11) is 0. The number of aryl methyl sites for hydroxylation is 1. The molecular formula is C24H27NO2. The Morgan fingerprint density at radius 1 is 0.963 bits per heavy atom. The van der Waals surface area contributed by atoms with E-state index in [1.165, 1.54) is 44.1 Å². The second-order valence-corrected chi connectivity index (χ2v) is 9.20. The SMILES string of the molecule is Cc1ccc(C23CC4CC(CC(C4)C2)C3)cc1Nc1ccccc1C(=O)O. The van der Waals surface area contributed by atoms with E-state index in [4.69, 9.17) is 0 Å². The first-order chi connectivity index (χ1) is 13.0. The van der Waals surface area contributed by atoms with Crippen LogP contribution < -0.4 is 5.32 Å². The molecule has 4 saturated carbocycles. The van der Waals surface area contributed by atoms with E-state index in [1.54, 1.807) is 12.1 Å². The van der Waals surface area contributed by atoms with Crippen LogP contribution in [0, 0.1) is 24.7 Å². The molecule has 140 valence electrons. The molecular weight excluding hydrogens is 334 g/mol. The number of hydrogen-bond donors (Lipinski definition) is 2. The lowest BCUT2D eigenvalue weighted by molar-refractivity contribution is -0.00516. The number of benzene rings is 2. The van der Waals surface area contributed by atoms with Gasteiger partial charge >= 0.3 is 5.97 Å². The molecule has 2 aromatic rings. The van der Waals surface area contributed by atoms with Crippen molar-refractivity contribution >= 4 is 17.3 Å². The average molecular weight is 361 g/mol. The number of anilines is 2. The minimum absolute atomic E-state index is 0.317. The molecule has 27 heavy (non-hydrogen) atoms. The number of rotatable bonds is 4. The third-order valence-corrected chi connectivity index (χ3v) is 7.31. The highest BCUT2D eigenvalue weighted by Gasteiger charge is 2.51. The predicted molar refractivity (Wildman–Crippen MR) is 108 cm³/mol. The number of hydrogen-bond acceptors (Lipinski definition) is 2. The van der Waals surface area contributed by atoms with Gasteiger partial charge in [0, 0.05) is 5.69 Å². The zero-order valence-electron chi connectivity index (χ0n) is 15.9. The van der Waals surface area contributed by atoms with E-state index in [-0.39, 0.29) is 0 Å². The topological polar surface area (TPSA) is 49.3 Å². The average Bonchev–Trinajstić information content (AvgIpc) is 2.62. The molecule has 4 bridgehead atoms. The summed E-state index contributed by atoms with van der Waals surface area (Å²) in [6, 6.07) is 14.0. The van der Waals surface area contributed by atoms with Crippen LogP contribution in [0.5, 0.6) is 0 Å². The molecule has 0 heterocycles. The van der Waals surface area contributed by atoms with Crippen LogP contribution in [0.15, 0.2) is 42.5 Å². The molecule has 0 radical (unpaired) electrons. The fourth-order valence-electron chi connectivity index (χ4n) is 6.47. The first-order valence-electron chi connectivity index (χ1n) is 10.2. The molecule has 6 rings (SSSR count). The van der Waals surface area contributed by atoms with E-state index >= 15 is 0 Å². The van der Waals surface area contributed by atoms with Gasteiger partial charge < -0.3 is 10.4 Å². The Labute approximate surface area is 160 Å². The van der Waals surface area contributed by atoms with Gasteiger partial charge in [-0.05, 0) is 97.9 Å². The second kappa shape index (κ2) is 6.12. The summed E-state index contributed by atoms with van der Waals surface area (Å²) in [5.74, 6) is 1.86. The van der Waals surface area contributed by atoms with E-state index in [2.05, 4.69) is 30.4 Å². The van der Waals surface area contributed by atoms with E-state index < -0.39 is 5.97 Å². The minimum Gasteiger partial charge on any atom is -0.478 e. The Kier molecular flexibility index (Phi) is 3.82. The van der Waals surface area contributed by atoms with Crippen molar-refractivity contribution in [2.24, 2.45) is 17.8 Å². The predicted octanol–water partition coefficient (Wildman–Crippen LogP) is 5.90. The van der Waals surface area contributed by atoms with Gasteiger partial charge in [0.2, 0.25) is 0 Å². The largest absolute Gasteiger partial charge is 0.478 e. The summed E-state index contributed by atoms with van der Waals surface area (Å²) in [6.07, 6.45) is 8.36. The molecule has 3 nitrogen and oxygen atoms in total. The van der Waals surface area contributed by atoms with Gasteiger partial charge in [-0.2, -0.15) is 0 Å². The highest BCUT2D eigenvalue weighted by molar-refractivity contribution is 5.95. The van der Waals surface area contributed by atoms with Gasteiger partial charge in [-0.1, -0.05) is 24.3 Å². The van der Waals surface area contributed by atoms with Crippen LogP contribution in [0.1, 0.15) is 60.0 Å². The van der Waals surface area contributed by atoms with Crippen molar-refractivity contribution in [1.82, 2.24) is 0 Å². The van der Waals surface area contributed by atoms with Crippen molar-refractivity contribution in [2.45, 2.75) is 50.9 Å². The summed E-state index contributed by atoms with van der Waals surface area (Å²) in [5.41, 5.74) is 4.99. The molecule has 0 aromatic heterocycles. The van der Waals surface area contributed by atoms with Crippen molar-refractivity contribution in [1.29, 1.82) is 0 Å². The highest BCUT2D eigenvalue weighted by atomic mass is 16.4. The van der Waals surface area contributed by atoms with Gasteiger partial charge in [0.1, 0.15) is 0 Å². The molecule has 2 N–H and O–H groups in total. The van der Waals surface area contributed by atoms with Crippen molar-refractivity contribution in [2.75, 3.05) is 5.32 Å². The van der Waals surface area contributed by atoms with Crippen molar-refractivity contribution < 1.29 is 9.90 Å². The first-order valence-corrected chi connectivity index (χ1v) is 10.2. The lowest BCUT2D eigenvalue weighted by Crippen LogP contribution is -2.48. The second-order valence-electron chi connectivity index (χ2n) is 9.20. The standard InChI is InChI=1S/C24H27NO2/c1-15-6-7-19(24-12-16-8-17(13-24)10-18(9-16)14-24)11-22(15)25-21-5-3-2-4-20(21)23(26)27/h2-7,11,16-18,25H,8-10,12-14H2,1H3,(H,26,27). The number of carbonyl (C=O) groups is 1. The zero-order valence-corrected chi connectivity index (χ0v) is 15.9. The first kappa shape index (κ1) is 16.9. The van der Waals surface area contributed by atoms with Gasteiger partial charge in [-0.3, -0.25) is 0 Å². The van der Waals surface area contributed by atoms with E-state index in [1.807, 2.05) is 12.1 Å². The smallest absolute Gasteiger partial charge is 0.337 e. The Balaban J connectivity index is 1.50. The minimum atomic E-state index is -0.895. The maximum atomic E-state index is 11.6. The zero-order chi connectivity index (χ0) is 18.6. The summed E-state index contributed by atoms with van der Waals surface area (Å²) in [6.45, 7) is 2.09. The Morgan fingerprint density at radius 3 is 2.22 bits per heavy atom. The van der Waals surface area contributed by atoms with Gasteiger partial charge in [-0.25, -0.2) is 4.79 Å². The van der Waals surface area contributed by atoms with E-state index in [9.17, 15) is 9.90 Å². The van der Waals surface area contributed by atoms with Crippen LogP contribution >= 0.6 is 0 Å². The summed E-state index contributed by atoms with van der Waals surface area (Å²) in [5, 5.41) is 12.9. The van der Waals surface area contributed by atoms with Crippen LogP contribution in [0.3, 0.4) is 0 Å². The summed E-state index contributed by atoms with van der Waals surface area (Å²) >= 11 is 0. The van der Waals surface area contributed by atoms with Crippen LogP contribution in [0.4, 0.5) is 11.4 Å². The molecule has 2 aromatic carbocycles. The third-order valence-electron chi connectivity index (χ3n) is 7.31. The number of para-hydroxylation sites is 1. The molecule has 0 amide bonds. The number of nitrogens with one attached hydrogen (secondary N) is 1. The Bertz CT molecular complexity index is 866. The van der Waals surface area contributed by atoms with Gasteiger partial charge in [-0.15, -0.1) is 0 Å². The molecule has 4 aliphatic rings. The lowest BCUT2D eigenvalue weighted by Gasteiger charge is -2.57. The van der Waals surface area contributed by atoms with Crippen molar-refractivity contribution in [3.63, 3.8) is 0 Å². The molecule has 3 heteroatoms. The lowest BCUT2D eigenvalue weighted by atomic mass is 9.48. The molecule has 0 atom stereocenters. The molecule has 0 aliphatic heterocycles. The fraction of sp³-hybridized carbons (Fsp3) is 0.458. The highest BCUT2D eigenvalue weighted by Crippen LogP contribution is 2.60. The van der Waals surface area contributed by atoms with Crippen molar-refractivity contribution in [3.8, 4) is 0 Å². The Morgan fingerprint density at radius 2 is 1.59 bits per heavy atom. The van der Waals surface area contributed by atoms with Gasteiger partial charge in [0.15, 0.2) is 0 Å². The number of carboxylic acid groups (broad SMARTS) is 1. The summed E-state index contributed by atoms with van der Waals surface area (Å²) < 4.78 is 0. The number of aromatic carboxylic acids is 1. The normalized spacial score (nSPS) is 31.1. The fourth-order valence-corrected chi connectivity index (χ4v) is 6.47. The molecule has 0 spiro atoms. The molecule has 0 saturated heterocycles. The quantitative estimate of drug-likeness (QED) is 0.712. The van der Waals surface area contributed by atoms with Crippen molar-refractivity contribution in [3.05, 3.63) is 59.2 Å². The van der Waals surface area contributed by atoms with Crippen LogP contribution in [-0.2, 0) is 5.41 Å². The summed E-state index contributed by atoms with van der Waals surface area (Å²) in [4.78, 5) is 11.6. The molecule has 4 aliphatic carbocycles. The monoisotopic (exact) mass is 361 g/mol. The third kappa shape index (κ3) is 2.84. The maximum absolute atomic E-state index is 11.6. The van der Waals surface area contributed by atoms with E-state index in [0.717, 1.165) is 29.0 Å². The van der Waals surface area contributed by atoms with Crippen LogP contribution in [0.25, 0.3) is 0 Å². The number of carboxylic acids is 1. The van der Waals surface area contributed by atoms with Crippen LogP contribution in [0.2, 0.25) is 0 Å². The van der Waals surface area contributed by atoms with Crippen LogP contribution in [-0.4, -0.2) is 11.1 Å². The molecule has 0 unspecified atom stereocenters. The molecule has 4 fully saturated rings. The van der Waals surface area contributed by atoms with Gasteiger partial charge in [0.05, 0.1) is 11.3 Å². The maximum Gasteiger partial charge on any atom is 0.337 e. The van der Waals surface area contributed by atoms with Gasteiger partial charge in [0.25, 0.3) is 0 Å². The van der Waals surface area contributed by atoms with E-state index in [0.29, 0.717) is 16.7 Å².